The summed E-state index contributed by atoms with van der Waals surface area (Å²) < 4.78 is 7.21. The molecule has 3 heterocycles. The second-order valence-electron chi connectivity index (χ2n) is 7.21. The number of benzene rings is 2. The van der Waals surface area contributed by atoms with Crippen LogP contribution in [0.1, 0.15) is 5.82 Å². The van der Waals surface area contributed by atoms with Crippen molar-refractivity contribution in [3.63, 3.8) is 0 Å². The summed E-state index contributed by atoms with van der Waals surface area (Å²) in [6, 6.07) is 15.2. The molecule has 0 saturated heterocycles. The van der Waals surface area contributed by atoms with Gasteiger partial charge in [0.2, 0.25) is 0 Å². The third kappa shape index (κ3) is 4.15. The third-order valence-corrected chi connectivity index (χ3v) is 7.39. The molecule has 0 saturated carbocycles. The van der Waals surface area contributed by atoms with E-state index in [-0.39, 0.29) is 5.56 Å². The predicted octanol–water partition coefficient (Wildman–Crippen LogP) is 5.40. The summed E-state index contributed by atoms with van der Waals surface area (Å²) in [6.07, 6.45) is 0. The van der Waals surface area contributed by atoms with Crippen LogP contribution >= 0.6 is 34.7 Å². The summed E-state index contributed by atoms with van der Waals surface area (Å²) in [5, 5.41) is 12.4. The number of halogens is 1. The summed E-state index contributed by atoms with van der Waals surface area (Å²) in [5.41, 5.74) is 2.35. The molecule has 5 rings (SSSR count). The van der Waals surface area contributed by atoms with E-state index in [2.05, 4.69) is 20.2 Å². The molecule has 10 heteroatoms. The zero-order valence-electron chi connectivity index (χ0n) is 17.7. The molecule has 0 aliphatic carbocycles. The Bertz CT molecular complexity index is 1530. The van der Waals surface area contributed by atoms with Gasteiger partial charge in [-0.15, -0.1) is 21.5 Å². The molecule has 1 N–H and O–H groups in total. The molecule has 0 aliphatic heterocycles. The molecular weight excluding hydrogens is 478 g/mol. The van der Waals surface area contributed by atoms with Crippen molar-refractivity contribution < 1.29 is 4.74 Å². The predicted molar refractivity (Wildman–Crippen MR) is 133 cm³/mol. The van der Waals surface area contributed by atoms with Crippen LogP contribution in [0.2, 0.25) is 5.02 Å². The minimum atomic E-state index is -0.179. The maximum absolute atomic E-state index is 12.9. The number of nitrogens with zero attached hydrogens (tertiary/aromatic N) is 4. The Hall–Kier alpha value is -3.14. The molecule has 0 spiro atoms. The number of methoxy groups -OCH3 is 1. The van der Waals surface area contributed by atoms with Gasteiger partial charge in [-0.05, 0) is 18.2 Å². The van der Waals surface area contributed by atoms with Crippen LogP contribution in [-0.4, -0.2) is 31.8 Å². The highest BCUT2D eigenvalue weighted by Crippen LogP contribution is 2.35. The Morgan fingerprint density at radius 2 is 2.00 bits per heavy atom. The lowest BCUT2D eigenvalue weighted by atomic mass is 10.1. The van der Waals surface area contributed by atoms with Crippen LogP contribution in [0.4, 0.5) is 0 Å². The van der Waals surface area contributed by atoms with Gasteiger partial charge in [0.15, 0.2) is 11.0 Å². The molecular formula is C23H18ClN5O2S2. The molecule has 0 amide bonds. The Morgan fingerprint density at radius 1 is 1.15 bits per heavy atom. The van der Waals surface area contributed by atoms with E-state index in [1.165, 1.54) is 23.1 Å². The SMILES string of the molecule is COc1cccc(-c2nnc(SCc3nc4scc(-c5ccccc5Cl)c4c(=O)[nH]3)n2C)c1. The average molecular weight is 496 g/mol. The standard InChI is InChI=1S/C23H18ClN5O2S2/c1-29-20(13-6-5-7-14(10-13)31-2)27-28-23(29)33-12-18-25-21(30)19-16(11-32-22(19)26-18)15-8-3-4-9-17(15)24/h3-11H,12H2,1-2H3,(H,25,26,30). The van der Waals surface area contributed by atoms with E-state index in [0.29, 0.717) is 26.8 Å². The third-order valence-electron chi connectivity index (χ3n) is 5.16. The van der Waals surface area contributed by atoms with Crippen molar-refractivity contribution >= 4 is 44.9 Å². The second-order valence-corrected chi connectivity index (χ2v) is 9.42. The highest BCUT2D eigenvalue weighted by Gasteiger charge is 2.16. The number of nitrogens with one attached hydrogen (secondary N) is 1. The van der Waals surface area contributed by atoms with Gasteiger partial charge >= 0.3 is 0 Å². The number of rotatable bonds is 6. The summed E-state index contributed by atoms with van der Waals surface area (Å²) in [7, 11) is 3.54. The van der Waals surface area contributed by atoms with Crippen LogP contribution in [0.25, 0.3) is 32.7 Å². The number of ether oxygens (including phenoxy) is 1. The largest absolute Gasteiger partial charge is 0.497 e. The number of thiophene rings is 1. The van der Waals surface area contributed by atoms with E-state index in [1.807, 2.05) is 65.5 Å². The monoisotopic (exact) mass is 495 g/mol. The quantitative estimate of drug-likeness (QED) is 0.317. The van der Waals surface area contributed by atoms with Gasteiger partial charge in [0.25, 0.3) is 5.56 Å². The van der Waals surface area contributed by atoms with Gasteiger partial charge in [-0.3, -0.25) is 4.79 Å². The fourth-order valence-corrected chi connectivity index (χ4v) is 5.50. The van der Waals surface area contributed by atoms with Crippen LogP contribution in [0.3, 0.4) is 0 Å². The molecule has 166 valence electrons. The van der Waals surface area contributed by atoms with Crippen LogP contribution in [0.15, 0.2) is 63.9 Å². The van der Waals surface area contributed by atoms with E-state index in [9.17, 15) is 4.79 Å². The topological polar surface area (TPSA) is 85.7 Å². The van der Waals surface area contributed by atoms with E-state index in [4.69, 9.17) is 16.3 Å². The molecule has 0 radical (unpaired) electrons. The minimum Gasteiger partial charge on any atom is -0.497 e. The zero-order chi connectivity index (χ0) is 22.9. The highest BCUT2D eigenvalue weighted by molar-refractivity contribution is 7.98. The van der Waals surface area contributed by atoms with Gasteiger partial charge in [-0.1, -0.05) is 53.7 Å². The van der Waals surface area contributed by atoms with Crippen molar-refractivity contribution in [1.82, 2.24) is 24.7 Å². The van der Waals surface area contributed by atoms with E-state index in [0.717, 1.165) is 33.4 Å². The van der Waals surface area contributed by atoms with Gasteiger partial charge < -0.3 is 14.3 Å². The molecule has 0 fully saturated rings. The second kappa shape index (κ2) is 9.01. The maximum atomic E-state index is 12.9. The van der Waals surface area contributed by atoms with Crippen molar-refractivity contribution in [2.24, 2.45) is 7.05 Å². The average Bonchev–Trinajstić information content (AvgIpc) is 3.42. The number of aromatic amines is 1. The number of fused-ring (bicyclic) bond motifs is 1. The number of thioether (sulfide) groups is 1. The summed E-state index contributed by atoms with van der Waals surface area (Å²) >= 11 is 9.23. The Balaban J connectivity index is 1.40. The molecule has 0 bridgehead atoms. The molecule has 0 unspecified atom stereocenters. The Kier molecular flexibility index (Phi) is 5.92. The lowest BCUT2D eigenvalue weighted by molar-refractivity contribution is 0.415. The van der Waals surface area contributed by atoms with Crippen molar-refractivity contribution in [3.05, 3.63) is 75.1 Å². The normalized spacial score (nSPS) is 11.2. The minimum absolute atomic E-state index is 0.179. The molecule has 0 aliphatic rings. The van der Waals surface area contributed by atoms with E-state index in [1.54, 1.807) is 7.11 Å². The lowest BCUT2D eigenvalue weighted by Crippen LogP contribution is -2.11. The fourth-order valence-electron chi connectivity index (χ4n) is 3.53. The highest BCUT2D eigenvalue weighted by atomic mass is 35.5. The number of hydrogen-bond acceptors (Lipinski definition) is 7. The zero-order valence-corrected chi connectivity index (χ0v) is 20.1. The molecule has 33 heavy (non-hydrogen) atoms. The summed E-state index contributed by atoms with van der Waals surface area (Å²) in [5.74, 6) is 2.52. The number of H-pyrrole nitrogens is 1. The van der Waals surface area contributed by atoms with E-state index < -0.39 is 0 Å². The van der Waals surface area contributed by atoms with Crippen LogP contribution in [0.5, 0.6) is 5.75 Å². The van der Waals surface area contributed by atoms with Gasteiger partial charge in [0, 0.05) is 34.1 Å². The molecule has 2 aromatic carbocycles. The van der Waals surface area contributed by atoms with Crippen LogP contribution < -0.4 is 10.3 Å². The first-order chi connectivity index (χ1) is 16.0. The first-order valence-electron chi connectivity index (χ1n) is 9.97. The smallest absolute Gasteiger partial charge is 0.260 e. The molecule has 5 aromatic rings. The summed E-state index contributed by atoms with van der Waals surface area (Å²) in [4.78, 5) is 21.2. The maximum Gasteiger partial charge on any atom is 0.260 e. The molecule has 7 nitrogen and oxygen atoms in total. The van der Waals surface area contributed by atoms with Gasteiger partial charge in [0.05, 0.1) is 18.2 Å². The first-order valence-corrected chi connectivity index (χ1v) is 12.2. The van der Waals surface area contributed by atoms with E-state index >= 15 is 0 Å². The van der Waals surface area contributed by atoms with Gasteiger partial charge in [-0.2, -0.15) is 0 Å². The molecule has 3 aromatic heterocycles. The number of hydrogen-bond donors (Lipinski definition) is 1. The van der Waals surface area contributed by atoms with Crippen molar-refractivity contribution in [2.45, 2.75) is 10.9 Å². The van der Waals surface area contributed by atoms with Gasteiger partial charge in [0.1, 0.15) is 16.4 Å². The van der Waals surface area contributed by atoms with Crippen LogP contribution in [0, 0.1) is 0 Å². The summed E-state index contributed by atoms with van der Waals surface area (Å²) in [6.45, 7) is 0. The first kappa shape index (κ1) is 21.7. The van der Waals surface area contributed by atoms with Crippen molar-refractivity contribution in [1.29, 1.82) is 0 Å². The molecule has 0 atom stereocenters. The Morgan fingerprint density at radius 3 is 2.82 bits per heavy atom. The lowest BCUT2D eigenvalue weighted by Gasteiger charge is -2.06. The Labute approximate surface area is 202 Å². The van der Waals surface area contributed by atoms with Crippen LogP contribution in [-0.2, 0) is 12.8 Å². The van der Waals surface area contributed by atoms with Crippen molar-refractivity contribution in [2.75, 3.05) is 7.11 Å². The van der Waals surface area contributed by atoms with Gasteiger partial charge in [-0.25, -0.2) is 4.98 Å². The number of aromatic nitrogens is 5. The fraction of sp³-hybridized carbons (Fsp3) is 0.130. The van der Waals surface area contributed by atoms with Crippen molar-refractivity contribution in [3.8, 4) is 28.3 Å².